The molecule has 25 heavy (non-hydrogen) atoms. The number of aryl methyl sites for hydroxylation is 1. The summed E-state index contributed by atoms with van der Waals surface area (Å²) in [6.45, 7) is 1.76. The molecule has 1 aromatic heterocycles. The molecule has 0 radical (unpaired) electrons. The lowest BCUT2D eigenvalue weighted by Crippen LogP contribution is -2.12. The highest BCUT2D eigenvalue weighted by Gasteiger charge is 2.19. The first kappa shape index (κ1) is 16.5. The molecule has 7 heteroatoms. The highest BCUT2D eigenvalue weighted by Crippen LogP contribution is 2.29. The van der Waals surface area contributed by atoms with Gasteiger partial charge in [0, 0.05) is 23.1 Å². The van der Waals surface area contributed by atoms with Gasteiger partial charge in [0.25, 0.3) is 0 Å². The summed E-state index contributed by atoms with van der Waals surface area (Å²) >= 11 is 0. The van der Waals surface area contributed by atoms with E-state index in [1.807, 2.05) is 0 Å². The van der Waals surface area contributed by atoms with Crippen molar-refractivity contribution in [3.8, 4) is 11.5 Å². The molecule has 0 aliphatic rings. The fourth-order valence-electron chi connectivity index (χ4n) is 2.50. The molecule has 0 amide bonds. The van der Waals surface area contributed by atoms with Crippen molar-refractivity contribution in [3.05, 3.63) is 63.9 Å². The largest absolute Gasteiger partial charge is 0.497 e. The van der Waals surface area contributed by atoms with E-state index >= 15 is 0 Å². The van der Waals surface area contributed by atoms with Crippen LogP contribution in [0.4, 0.5) is 5.69 Å². The SMILES string of the molecule is COc1ccc2c(CC(=O)Oc3cc(C)ccc3[N+](=O)[O-])coc2c1. The molecule has 0 N–H and O–H groups in total. The summed E-state index contributed by atoms with van der Waals surface area (Å²) in [6, 6.07) is 9.64. The lowest BCUT2D eigenvalue weighted by atomic mass is 10.1. The van der Waals surface area contributed by atoms with Gasteiger partial charge >= 0.3 is 11.7 Å². The molecule has 1 heterocycles. The minimum absolute atomic E-state index is 0.0651. The van der Waals surface area contributed by atoms with Gasteiger partial charge in [-0.1, -0.05) is 6.07 Å². The topological polar surface area (TPSA) is 91.8 Å². The normalized spacial score (nSPS) is 10.6. The van der Waals surface area contributed by atoms with Gasteiger partial charge in [-0.25, -0.2) is 0 Å². The molecule has 0 saturated carbocycles. The molecule has 0 aliphatic heterocycles. The number of carbonyl (C=O) groups is 1. The molecule has 2 aromatic carbocycles. The summed E-state index contributed by atoms with van der Waals surface area (Å²) in [5.41, 5.74) is 1.73. The minimum Gasteiger partial charge on any atom is -0.497 e. The standard InChI is InChI=1S/C18H15NO6/c1-11-3-6-15(19(21)22)17(7-11)25-18(20)8-12-10-24-16-9-13(23-2)4-5-14(12)16/h3-7,9-10H,8H2,1-2H3. The van der Waals surface area contributed by atoms with E-state index < -0.39 is 10.9 Å². The number of hydrogen-bond acceptors (Lipinski definition) is 6. The summed E-state index contributed by atoms with van der Waals surface area (Å²) in [5.74, 6) is -0.0250. The molecule has 7 nitrogen and oxygen atoms in total. The number of fused-ring (bicyclic) bond motifs is 1. The number of nitro benzene ring substituents is 1. The summed E-state index contributed by atoms with van der Waals surface area (Å²) in [4.78, 5) is 22.7. The first-order valence-electron chi connectivity index (χ1n) is 7.48. The number of nitrogens with zero attached hydrogens (tertiary/aromatic N) is 1. The summed E-state index contributed by atoms with van der Waals surface area (Å²) in [7, 11) is 1.55. The van der Waals surface area contributed by atoms with Gasteiger partial charge in [0.1, 0.15) is 11.3 Å². The predicted octanol–water partition coefficient (Wildman–Crippen LogP) is 3.81. The fraction of sp³-hybridized carbons (Fsp3) is 0.167. The molecule has 0 saturated heterocycles. The van der Waals surface area contributed by atoms with Crippen LogP contribution in [0, 0.1) is 17.0 Å². The van der Waals surface area contributed by atoms with Crippen LogP contribution in [0.3, 0.4) is 0 Å². The Morgan fingerprint density at radius 1 is 1.24 bits per heavy atom. The maximum atomic E-state index is 12.2. The van der Waals surface area contributed by atoms with E-state index in [0.717, 1.165) is 10.9 Å². The molecule has 0 unspecified atom stereocenters. The highest BCUT2D eigenvalue weighted by atomic mass is 16.6. The Kier molecular flexibility index (Phi) is 4.38. The van der Waals surface area contributed by atoms with Crippen molar-refractivity contribution < 1.29 is 23.6 Å². The van der Waals surface area contributed by atoms with Crippen LogP contribution in [-0.4, -0.2) is 18.0 Å². The van der Waals surface area contributed by atoms with Gasteiger partial charge < -0.3 is 13.9 Å². The lowest BCUT2D eigenvalue weighted by Gasteiger charge is -2.05. The number of carbonyl (C=O) groups excluding carboxylic acids is 1. The molecule has 0 spiro atoms. The van der Waals surface area contributed by atoms with Crippen molar-refractivity contribution in [2.45, 2.75) is 13.3 Å². The third-order valence-electron chi connectivity index (χ3n) is 3.73. The van der Waals surface area contributed by atoms with Crippen LogP contribution in [-0.2, 0) is 11.2 Å². The van der Waals surface area contributed by atoms with Gasteiger partial charge in [-0.15, -0.1) is 0 Å². The maximum absolute atomic E-state index is 12.2. The average Bonchev–Trinajstić information content (AvgIpc) is 2.96. The first-order chi connectivity index (χ1) is 12.0. The molecule has 0 atom stereocenters. The number of esters is 1. The van der Waals surface area contributed by atoms with Gasteiger partial charge in [0.2, 0.25) is 5.75 Å². The van der Waals surface area contributed by atoms with Crippen LogP contribution in [0.25, 0.3) is 11.0 Å². The maximum Gasteiger partial charge on any atom is 0.316 e. The summed E-state index contributed by atoms with van der Waals surface area (Å²) in [6.07, 6.45) is 1.40. The smallest absolute Gasteiger partial charge is 0.316 e. The van der Waals surface area contributed by atoms with Crippen LogP contribution >= 0.6 is 0 Å². The molecule has 0 aliphatic carbocycles. The Balaban J connectivity index is 1.82. The van der Waals surface area contributed by atoms with Crippen molar-refractivity contribution >= 4 is 22.6 Å². The monoisotopic (exact) mass is 341 g/mol. The number of methoxy groups -OCH3 is 1. The zero-order valence-corrected chi connectivity index (χ0v) is 13.6. The second kappa shape index (κ2) is 6.64. The van der Waals surface area contributed by atoms with Crippen LogP contribution in [0.2, 0.25) is 0 Å². The minimum atomic E-state index is -0.604. The van der Waals surface area contributed by atoms with E-state index in [1.54, 1.807) is 38.3 Å². The van der Waals surface area contributed by atoms with E-state index in [9.17, 15) is 14.9 Å². The molecular formula is C18H15NO6. The van der Waals surface area contributed by atoms with Crippen molar-refractivity contribution in [1.29, 1.82) is 0 Å². The molecule has 0 fully saturated rings. The fourth-order valence-corrected chi connectivity index (χ4v) is 2.50. The van der Waals surface area contributed by atoms with Gasteiger partial charge in [0.05, 0.1) is 24.7 Å². The van der Waals surface area contributed by atoms with E-state index in [2.05, 4.69) is 0 Å². The lowest BCUT2D eigenvalue weighted by molar-refractivity contribution is -0.385. The van der Waals surface area contributed by atoms with E-state index in [1.165, 1.54) is 18.4 Å². The Morgan fingerprint density at radius 3 is 2.76 bits per heavy atom. The molecular weight excluding hydrogens is 326 g/mol. The molecule has 3 aromatic rings. The summed E-state index contributed by atoms with van der Waals surface area (Å²) in [5, 5.41) is 11.8. The van der Waals surface area contributed by atoms with Crippen LogP contribution in [0.15, 0.2) is 47.1 Å². The number of rotatable bonds is 5. The van der Waals surface area contributed by atoms with Crippen LogP contribution < -0.4 is 9.47 Å². The third kappa shape index (κ3) is 3.45. The van der Waals surface area contributed by atoms with Crippen molar-refractivity contribution in [2.24, 2.45) is 0 Å². The quantitative estimate of drug-likeness (QED) is 0.303. The number of nitro groups is 1. The van der Waals surface area contributed by atoms with Gasteiger partial charge in [-0.3, -0.25) is 14.9 Å². The Labute approximate surface area is 142 Å². The number of benzene rings is 2. The van der Waals surface area contributed by atoms with Crippen LogP contribution in [0.1, 0.15) is 11.1 Å². The van der Waals surface area contributed by atoms with Crippen molar-refractivity contribution in [2.75, 3.05) is 7.11 Å². The van der Waals surface area contributed by atoms with Crippen molar-refractivity contribution in [3.63, 3.8) is 0 Å². The Bertz CT molecular complexity index is 959. The van der Waals surface area contributed by atoms with Crippen LogP contribution in [0.5, 0.6) is 11.5 Å². The number of ether oxygens (including phenoxy) is 2. The van der Waals surface area contributed by atoms with E-state index in [-0.39, 0.29) is 17.9 Å². The van der Waals surface area contributed by atoms with Gasteiger partial charge in [-0.2, -0.15) is 0 Å². The zero-order valence-electron chi connectivity index (χ0n) is 13.6. The van der Waals surface area contributed by atoms with E-state index in [0.29, 0.717) is 16.9 Å². The second-order valence-electron chi connectivity index (χ2n) is 5.50. The summed E-state index contributed by atoms with van der Waals surface area (Å²) < 4.78 is 15.8. The number of furan rings is 1. The highest BCUT2D eigenvalue weighted by molar-refractivity contribution is 5.87. The van der Waals surface area contributed by atoms with Gasteiger partial charge in [-0.05, 0) is 30.7 Å². The third-order valence-corrected chi connectivity index (χ3v) is 3.73. The molecule has 128 valence electrons. The van der Waals surface area contributed by atoms with Crippen molar-refractivity contribution in [1.82, 2.24) is 0 Å². The van der Waals surface area contributed by atoms with E-state index in [4.69, 9.17) is 13.9 Å². The Hall–Kier alpha value is -3.35. The predicted molar refractivity (Wildman–Crippen MR) is 89.9 cm³/mol. The molecule has 3 rings (SSSR count). The first-order valence-corrected chi connectivity index (χ1v) is 7.48. The average molecular weight is 341 g/mol. The Morgan fingerprint density at radius 2 is 2.04 bits per heavy atom. The van der Waals surface area contributed by atoms with Gasteiger partial charge in [0.15, 0.2) is 0 Å². The molecule has 0 bridgehead atoms. The second-order valence-corrected chi connectivity index (χ2v) is 5.50. The number of hydrogen-bond donors (Lipinski definition) is 0. The zero-order chi connectivity index (χ0) is 18.0.